The van der Waals surface area contributed by atoms with Gasteiger partial charge in [0.25, 0.3) is 0 Å². The predicted octanol–water partition coefficient (Wildman–Crippen LogP) is 2.27. The van der Waals surface area contributed by atoms with Crippen LogP contribution >= 0.6 is 0 Å². The second kappa shape index (κ2) is 6.68. The van der Waals surface area contributed by atoms with Gasteiger partial charge in [-0.15, -0.1) is 0 Å². The van der Waals surface area contributed by atoms with Gasteiger partial charge in [-0.1, -0.05) is 6.92 Å². The first kappa shape index (κ1) is 14.8. The molecule has 0 N–H and O–H groups in total. The van der Waals surface area contributed by atoms with E-state index in [0.29, 0.717) is 6.61 Å². The largest absolute Gasteiger partial charge is 0.464 e. The molecule has 1 atom stereocenters. The van der Waals surface area contributed by atoms with Crippen molar-refractivity contribution in [1.29, 1.82) is 0 Å². The molecule has 5 nitrogen and oxygen atoms in total. The fourth-order valence-corrected chi connectivity index (χ4v) is 2.63. The minimum absolute atomic E-state index is 0.137. The first-order valence-electron chi connectivity index (χ1n) is 7.43. The van der Waals surface area contributed by atoms with Crippen LogP contribution in [0.1, 0.15) is 44.6 Å². The van der Waals surface area contributed by atoms with Gasteiger partial charge in [-0.25, -0.2) is 14.8 Å². The Balaban J connectivity index is 2.27. The van der Waals surface area contributed by atoms with Crippen LogP contribution < -0.4 is 4.90 Å². The zero-order valence-corrected chi connectivity index (χ0v) is 12.6. The van der Waals surface area contributed by atoms with E-state index in [4.69, 9.17) is 4.74 Å². The smallest absolute Gasteiger partial charge is 0.328 e. The van der Waals surface area contributed by atoms with Gasteiger partial charge in [0.1, 0.15) is 17.7 Å². The number of hydrogen-bond acceptors (Lipinski definition) is 5. The van der Waals surface area contributed by atoms with E-state index in [1.54, 1.807) is 0 Å². The molecule has 2 heterocycles. The van der Waals surface area contributed by atoms with E-state index in [0.717, 1.165) is 49.6 Å². The number of nitrogens with zero attached hydrogens (tertiary/aromatic N) is 3. The maximum absolute atomic E-state index is 12.1. The maximum Gasteiger partial charge on any atom is 0.328 e. The summed E-state index contributed by atoms with van der Waals surface area (Å²) in [5.74, 6) is 1.47. The van der Waals surface area contributed by atoms with Crippen molar-refractivity contribution in [1.82, 2.24) is 9.97 Å². The number of anilines is 1. The molecule has 0 spiro atoms. The predicted molar refractivity (Wildman–Crippen MR) is 77.8 cm³/mol. The van der Waals surface area contributed by atoms with Crippen LogP contribution in [0.4, 0.5) is 5.82 Å². The highest BCUT2D eigenvalue weighted by molar-refractivity contribution is 5.80. The molecule has 1 aromatic heterocycles. The lowest BCUT2D eigenvalue weighted by Crippen LogP contribution is -2.46. The van der Waals surface area contributed by atoms with Crippen molar-refractivity contribution < 1.29 is 9.53 Å². The third kappa shape index (κ3) is 3.26. The van der Waals surface area contributed by atoms with E-state index < -0.39 is 0 Å². The van der Waals surface area contributed by atoms with Gasteiger partial charge in [0, 0.05) is 18.3 Å². The molecule has 0 saturated carbocycles. The monoisotopic (exact) mass is 277 g/mol. The standard InChI is InChI=1S/C15H23N3O2/c1-4-12-10-14(17-11(3)16-12)18-9-7-6-8-13(18)15(19)20-5-2/h10,13H,4-9H2,1-3H3. The van der Waals surface area contributed by atoms with Crippen molar-refractivity contribution in [3.05, 3.63) is 17.6 Å². The molecule has 1 aliphatic rings. The fourth-order valence-electron chi connectivity index (χ4n) is 2.63. The van der Waals surface area contributed by atoms with Crippen molar-refractivity contribution in [2.75, 3.05) is 18.1 Å². The minimum Gasteiger partial charge on any atom is -0.464 e. The summed E-state index contributed by atoms with van der Waals surface area (Å²) < 4.78 is 5.20. The molecule has 20 heavy (non-hydrogen) atoms. The molecule has 0 aliphatic carbocycles. The Morgan fingerprint density at radius 3 is 2.90 bits per heavy atom. The number of carbonyl (C=O) groups is 1. The van der Waals surface area contributed by atoms with Gasteiger partial charge < -0.3 is 9.64 Å². The summed E-state index contributed by atoms with van der Waals surface area (Å²) in [4.78, 5) is 23.1. The van der Waals surface area contributed by atoms with Crippen molar-refractivity contribution in [3.63, 3.8) is 0 Å². The van der Waals surface area contributed by atoms with Crippen molar-refractivity contribution in [2.45, 2.75) is 52.5 Å². The Bertz CT molecular complexity index is 476. The molecule has 1 unspecified atom stereocenters. The van der Waals surface area contributed by atoms with Gasteiger partial charge in [-0.2, -0.15) is 0 Å². The van der Waals surface area contributed by atoms with Gasteiger partial charge >= 0.3 is 5.97 Å². The van der Waals surface area contributed by atoms with Crippen LogP contribution in [-0.4, -0.2) is 35.1 Å². The SMILES string of the molecule is CCOC(=O)C1CCCCN1c1cc(CC)nc(C)n1. The summed E-state index contributed by atoms with van der Waals surface area (Å²) in [7, 11) is 0. The lowest BCUT2D eigenvalue weighted by Gasteiger charge is -2.35. The lowest BCUT2D eigenvalue weighted by molar-refractivity contribution is -0.145. The molecule has 0 amide bonds. The zero-order chi connectivity index (χ0) is 14.5. The minimum atomic E-state index is -0.206. The number of piperidine rings is 1. The summed E-state index contributed by atoms with van der Waals surface area (Å²) in [6.45, 7) is 7.08. The fraction of sp³-hybridized carbons (Fsp3) is 0.667. The average Bonchev–Trinajstić information content (AvgIpc) is 2.46. The first-order valence-corrected chi connectivity index (χ1v) is 7.43. The van der Waals surface area contributed by atoms with E-state index in [-0.39, 0.29) is 12.0 Å². The van der Waals surface area contributed by atoms with Gasteiger partial charge in [0.15, 0.2) is 0 Å². The van der Waals surface area contributed by atoms with E-state index in [1.807, 2.05) is 19.9 Å². The van der Waals surface area contributed by atoms with Gasteiger partial charge in [-0.05, 0) is 39.5 Å². The van der Waals surface area contributed by atoms with Gasteiger partial charge in [0.2, 0.25) is 0 Å². The second-order valence-corrected chi connectivity index (χ2v) is 5.08. The number of aryl methyl sites for hydroxylation is 2. The van der Waals surface area contributed by atoms with Crippen molar-refractivity contribution in [3.8, 4) is 0 Å². The number of rotatable bonds is 4. The third-order valence-electron chi connectivity index (χ3n) is 3.60. The molecule has 1 fully saturated rings. The molecular formula is C15H23N3O2. The molecular weight excluding hydrogens is 254 g/mol. The summed E-state index contributed by atoms with van der Waals surface area (Å²) >= 11 is 0. The van der Waals surface area contributed by atoms with E-state index in [9.17, 15) is 4.79 Å². The van der Waals surface area contributed by atoms with Crippen LogP contribution in [0.25, 0.3) is 0 Å². The molecule has 5 heteroatoms. The molecule has 1 aliphatic heterocycles. The normalized spacial score (nSPS) is 18.9. The van der Waals surface area contributed by atoms with Crippen LogP contribution in [0.2, 0.25) is 0 Å². The van der Waals surface area contributed by atoms with E-state index in [2.05, 4.69) is 21.8 Å². The number of hydrogen-bond donors (Lipinski definition) is 0. The second-order valence-electron chi connectivity index (χ2n) is 5.08. The van der Waals surface area contributed by atoms with E-state index in [1.165, 1.54) is 0 Å². The Labute approximate surface area is 120 Å². The van der Waals surface area contributed by atoms with Crippen molar-refractivity contribution >= 4 is 11.8 Å². The Kier molecular flexibility index (Phi) is 4.93. The zero-order valence-electron chi connectivity index (χ0n) is 12.6. The van der Waals surface area contributed by atoms with E-state index >= 15 is 0 Å². The number of carbonyl (C=O) groups excluding carboxylic acids is 1. The lowest BCUT2D eigenvalue weighted by atomic mass is 10.0. The number of ether oxygens (including phenoxy) is 1. The summed E-state index contributed by atoms with van der Waals surface area (Å²) in [6, 6.07) is 1.78. The summed E-state index contributed by atoms with van der Waals surface area (Å²) in [6.07, 6.45) is 3.85. The highest BCUT2D eigenvalue weighted by Gasteiger charge is 2.31. The first-order chi connectivity index (χ1) is 9.65. The van der Waals surface area contributed by atoms with Crippen LogP contribution in [0.3, 0.4) is 0 Å². The third-order valence-corrected chi connectivity index (χ3v) is 3.60. The molecule has 0 aromatic carbocycles. The highest BCUT2D eigenvalue weighted by atomic mass is 16.5. The van der Waals surface area contributed by atoms with Gasteiger partial charge in [-0.3, -0.25) is 0 Å². The van der Waals surface area contributed by atoms with Crippen LogP contribution in [0.5, 0.6) is 0 Å². The topological polar surface area (TPSA) is 55.3 Å². The molecule has 0 bridgehead atoms. The van der Waals surface area contributed by atoms with Gasteiger partial charge in [0.05, 0.1) is 6.61 Å². The maximum atomic E-state index is 12.1. The molecule has 0 radical (unpaired) electrons. The Morgan fingerprint density at radius 2 is 2.20 bits per heavy atom. The Morgan fingerprint density at radius 1 is 1.40 bits per heavy atom. The number of esters is 1. The Hall–Kier alpha value is -1.65. The molecule has 110 valence electrons. The summed E-state index contributed by atoms with van der Waals surface area (Å²) in [5, 5.41) is 0. The van der Waals surface area contributed by atoms with Crippen LogP contribution in [0, 0.1) is 6.92 Å². The van der Waals surface area contributed by atoms with Crippen molar-refractivity contribution in [2.24, 2.45) is 0 Å². The highest BCUT2D eigenvalue weighted by Crippen LogP contribution is 2.24. The quantitative estimate of drug-likeness (QED) is 0.790. The van der Waals surface area contributed by atoms with Crippen LogP contribution in [-0.2, 0) is 16.0 Å². The molecule has 2 rings (SSSR count). The molecule has 1 saturated heterocycles. The molecule has 1 aromatic rings. The average molecular weight is 277 g/mol. The van der Waals surface area contributed by atoms with Crippen LogP contribution in [0.15, 0.2) is 6.07 Å². The summed E-state index contributed by atoms with van der Waals surface area (Å²) in [5.41, 5.74) is 1.01. The number of aromatic nitrogens is 2.